The van der Waals surface area contributed by atoms with Crippen molar-refractivity contribution >= 4 is 44.9 Å². The lowest BCUT2D eigenvalue weighted by Crippen LogP contribution is -2.33. The van der Waals surface area contributed by atoms with Crippen molar-refractivity contribution in [3.63, 3.8) is 0 Å². The Labute approximate surface area is 339 Å². The van der Waals surface area contributed by atoms with Crippen molar-refractivity contribution in [3.8, 4) is 44.9 Å². The van der Waals surface area contributed by atoms with Crippen molar-refractivity contribution in [1.82, 2.24) is 0 Å². The minimum Gasteiger partial charge on any atom is -0.453 e. The molecule has 9 aromatic rings. The van der Waals surface area contributed by atoms with Crippen LogP contribution in [0.1, 0.15) is 25.0 Å². The summed E-state index contributed by atoms with van der Waals surface area (Å²) in [5.41, 5.74) is 16.1. The number of anilines is 6. The van der Waals surface area contributed by atoms with Gasteiger partial charge in [-0.3, -0.25) is 0 Å². The van der Waals surface area contributed by atoms with Crippen LogP contribution in [-0.2, 0) is 5.41 Å². The molecule has 58 heavy (non-hydrogen) atoms. The highest BCUT2D eigenvalue weighted by Crippen LogP contribution is 2.62. The summed E-state index contributed by atoms with van der Waals surface area (Å²) in [4.78, 5) is 4.85. The number of fused-ring (bicyclic) bond motifs is 6. The van der Waals surface area contributed by atoms with Crippen molar-refractivity contribution in [2.75, 3.05) is 9.80 Å². The van der Waals surface area contributed by atoms with Crippen LogP contribution in [0.3, 0.4) is 0 Å². The second kappa shape index (κ2) is 13.4. The number of nitrogens with zero attached hydrogens (tertiary/aromatic N) is 2. The lowest BCUT2D eigenvalue weighted by atomic mass is 9.70. The van der Waals surface area contributed by atoms with Gasteiger partial charge in [-0.15, -0.1) is 0 Å². The average Bonchev–Trinajstić information content (AvgIpc) is 3.29. The minimum atomic E-state index is -0.307. The fraction of sp³-hybridized carbons (Fsp3) is 0.0545. The number of rotatable bonds is 6. The van der Waals surface area contributed by atoms with E-state index in [4.69, 9.17) is 4.74 Å². The van der Waals surface area contributed by atoms with E-state index in [2.05, 4.69) is 230 Å². The number of hydrogen-bond acceptors (Lipinski definition) is 3. The largest absolute Gasteiger partial charge is 0.453 e. The van der Waals surface area contributed by atoms with Crippen LogP contribution < -0.4 is 14.5 Å². The molecular formula is C55H40N2O. The summed E-state index contributed by atoms with van der Waals surface area (Å²) in [6.07, 6.45) is 0. The molecule has 2 heterocycles. The Morgan fingerprint density at radius 1 is 0.431 bits per heavy atom. The Kier molecular flexibility index (Phi) is 7.84. The third-order valence-electron chi connectivity index (χ3n) is 12.0. The van der Waals surface area contributed by atoms with Crippen LogP contribution in [-0.4, -0.2) is 0 Å². The quantitative estimate of drug-likeness (QED) is 0.169. The molecule has 0 atom stereocenters. The average molecular weight is 745 g/mol. The first-order chi connectivity index (χ1) is 28.5. The van der Waals surface area contributed by atoms with Gasteiger partial charge in [-0.1, -0.05) is 172 Å². The van der Waals surface area contributed by atoms with E-state index in [0.717, 1.165) is 45.5 Å². The van der Waals surface area contributed by atoms with Gasteiger partial charge in [0.1, 0.15) is 0 Å². The van der Waals surface area contributed by atoms with Crippen LogP contribution in [0.5, 0.6) is 11.5 Å². The first-order valence-electron chi connectivity index (χ1n) is 20.0. The van der Waals surface area contributed by atoms with Crippen molar-refractivity contribution < 1.29 is 4.74 Å². The zero-order chi connectivity index (χ0) is 38.8. The number of benzene rings is 9. The zero-order valence-corrected chi connectivity index (χ0v) is 32.4. The van der Waals surface area contributed by atoms with Crippen LogP contribution in [0.4, 0.5) is 34.1 Å². The van der Waals surface area contributed by atoms with E-state index in [0.29, 0.717) is 0 Å². The topological polar surface area (TPSA) is 15.7 Å². The highest BCUT2D eigenvalue weighted by Gasteiger charge is 2.43. The van der Waals surface area contributed by atoms with Gasteiger partial charge >= 0.3 is 0 Å². The summed E-state index contributed by atoms with van der Waals surface area (Å²) in [7, 11) is 0. The molecule has 0 aliphatic carbocycles. The second-order valence-corrected chi connectivity index (χ2v) is 15.7. The van der Waals surface area contributed by atoms with E-state index >= 15 is 0 Å². The first-order valence-corrected chi connectivity index (χ1v) is 20.0. The van der Waals surface area contributed by atoms with Gasteiger partial charge in [0.15, 0.2) is 11.5 Å². The van der Waals surface area contributed by atoms with Gasteiger partial charge < -0.3 is 14.5 Å². The molecule has 276 valence electrons. The maximum absolute atomic E-state index is 6.82. The third kappa shape index (κ3) is 5.35. The van der Waals surface area contributed by atoms with Crippen molar-refractivity contribution in [2.45, 2.75) is 19.3 Å². The monoisotopic (exact) mass is 744 g/mol. The molecule has 2 aliphatic heterocycles. The predicted octanol–water partition coefficient (Wildman–Crippen LogP) is 15.5. The standard InChI is InChI=1S/C55H40N2O/c1-55(2)47-22-12-14-24-49(47)57-53-46-21-10-9-19-40(46)29-35-50(53)58-51-36-34-45(52(55)54(51)57)41-27-32-43(33-28-41)56(42-30-25-38(26-31-42)37-15-5-3-6-16-37)48-23-13-11-20-44(48)39-17-7-4-8-18-39/h3-36H,1-2H3. The fourth-order valence-electron chi connectivity index (χ4n) is 9.28. The molecule has 9 aromatic carbocycles. The normalized spacial score (nSPS) is 13.2. The fourth-order valence-corrected chi connectivity index (χ4v) is 9.28. The molecule has 0 spiro atoms. The lowest BCUT2D eigenvalue weighted by molar-refractivity contribution is 0.472. The Morgan fingerprint density at radius 2 is 0.983 bits per heavy atom. The number of ether oxygens (including phenoxy) is 1. The molecule has 0 aromatic heterocycles. The summed E-state index contributed by atoms with van der Waals surface area (Å²) in [5.74, 6) is 1.75. The second-order valence-electron chi connectivity index (χ2n) is 15.7. The Hall–Kier alpha value is -7.36. The Balaban J connectivity index is 1.07. The Morgan fingerprint density at radius 3 is 1.74 bits per heavy atom. The summed E-state index contributed by atoms with van der Waals surface area (Å²) in [6.45, 7) is 4.72. The van der Waals surface area contributed by atoms with Crippen LogP contribution >= 0.6 is 0 Å². The SMILES string of the molecule is CC1(C)c2ccccc2N2c3c(ccc(-c4ccc(N(c5ccc(-c6ccccc6)cc5)c5ccccc5-c5ccccc5)cc4)c31)Oc1ccc3ccccc3c12. The highest BCUT2D eigenvalue weighted by atomic mass is 16.5. The van der Waals surface area contributed by atoms with Gasteiger partial charge in [-0.05, 0) is 92.9 Å². The molecular weight excluding hydrogens is 705 g/mol. The molecule has 0 saturated heterocycles. The van der Waals surface area contributed by atoms with Gasteiger partial charge in [0.25, 0.3) is 0 Å². The highest BCUT2D eigenvalue weighted by molar-refractivity contribution is 6.07. The van der Waals surface area contributed by atoms with Gasteiger partial charge in [0.2, 0.25) is 0 Å². The molecule has 0 N–H and O–H groups in total. The molecule has 11 rings (SSSR count). The van der Waals surface area contributed by atoms with E-state index in [1.165, 1.54) is 55.4 Å². The predicted molar refractivity (Wildman–Crippen MR) is 242 cm³/mol. The lowest BCUT2D eigenvalue weighted by Gasteiger charge is -2.46. The minimum absolute atomic E-state index is 0.307. The van der Waals surface area contributed by atoms with Crippen LogP contribution in [0.2, 0.25) is 0 Å². The van der Waals surface area contributed by atoms with E-state index in [9.17, 15) is 0 Å². The molecule has 0 fully saturated rings. The zero-order valence-electron chi connectivity index (χ0n) is 32.4. The third-order valence-corrected chi connectivity index (χ3v) is 12.0. The first kappa shape index (κ1) is 33.9. The van der Waals surface area contributed by atoms with Crippen molar-refractivity contribution in [1.29, 1.82) is 0 Å². The summed E-state index contributed by atoms with van der Waals surface area (Å²) in [6, 6.07) is 74.2. The van der Waals surface area contributed by atoms with Crippen molar-refractivity contribution in [3.05, 3.63) is 217 Å². The summed E-state index contributed by atoms with van der Waals surface area (Å²) < 4.78 is 6.82. The van der Waals surface area contributed by atoms with E-state index < -0.39 is 0 Å². The molecule has 0 bridgehead atoms. The van der Waals surface area contributed by atoms with Gasteiger partial charge in [0.05, 0.1) is 22.7 Å². The number of para-hydroxylation sites is 2. The molecule has 0 amide bonds. The van der Waals surface area contributed by atoms with Crippen LogP contribution in [0, 0.1) is 0 Å². The summed E-state index contributed by atoms with van der Waals surface area (Å²) in [5, 5.41) is 2.37. The molecule has 0 saturated carbocycles. The van der Waals surface area contributed by atoms with Crippen LogP contribution in [0.15, 0.2) is 206 Å². The molecule has 3 nitrogen and oxygen atoms in total. The maximum Gasteiger partial charge on any atom is 0.152 e. The molecule has 0 radical (unpaired) electrons. The maximum atomic E-state index is 6.82. The van der Waals surface area contributed by atoms with E-state index in [1.807, 2.05) is 0 Å². The van der Waals surface area contributed by atoms with E-state index in [1.54, 1.807) is 0 Å². The van der Waals surface area contributed by atoms with E-state index in [-0.39, 0.29) is 5.41 Å². The summed E-state index contributed by atoms with van der Waals surface area (Å²) >= 11 is 0. The van der Waals surface area contributed by atoms with Gasteiger partial charge in [0, 0.05) is 27.7 Å². The molecule has 3 heteroatoms. The molecule has 2 aliphatic rings. The van der Waals surface area contributed by atoms with Crippen molar-refractivity contribution in [2.24, 2.45) is 0 Å². The van der Waals surface area contributed by atoms with Gasteiger partial charge in [-0.25, -0.2) is 0 Å². The Bertz CT molecular complexity index is 2990. The smallest absolute Gasteiger partial charge is 0.152 e. The number of hydrogen-bond donors (Lipinski definition) is 0. The van der Waals surface area contributed by atoms with Crippen LogP contribution in [0.25, 0.3) is 44.2 Å². The molecule has 0 unspecified atom stereocenters. The van der Waals surface area contributed by atoms with Gasteiger partial charge in [-0.2, -0.15) is 0 Å².